The lowest BCUT2D eigenvalue weighted by Crippen LogP contribution is -2.51. The van der Waals surface area contributed by atoms with Crippen LogP contribution in [0.15, 0.2) is 48.5 Å². The zero-order valence-electron chi connectivity index (χ0n) is 17.8. The Labute approximate surface area is 178 Å². The van der Waals surface area contributed by atoms with Crippen molar-refractivity contribution in [2.75, 3.05) is 39.3 Å². The van der Waals surface area contributed by atoms with Gasteiger partial charge in [0.25, 0.3) is 0 Å². The highest BCUT2D eigenvalue weighted by Gasteiger charge is 2.24. The van der Waals surface area contributed by atoms with Gasteiger partial charge in [-0.2, -0.15) is 0 Å². The summed E-state index contributed by atoms with van der Waals surface area (Å²) in [6.45, 7) is 7.89. The smallest absolute Gasteiger partial charge is 0.237 e. The fourth-order valence-electron chi connectivity index (χ4n) is 3.76. The van der Waals surface area contributed by atoms with Crippen LogP contribution in [0.4, 0.5) is 4.39 Å². The quantitative estimate of drug-likeness (QED) is 0.704. The summed E-state index contributed by atoms with van der Waals surface area (Å²) in [5.74, 6) is -0.125. The van der Waals surface area contributed by atoms with Crippen LogP contribution in [0.3, 0.4) is 0 Å². The monoisotopic (exact) mass is 411 g/mol. The lowest BCUT2D eigenvalue weighted by molar-refractivity contribution is -0.135. The van der Waals surface area contributed by atoms with Crippen LogP contribution in [0.25, 0.3) is 0 Å². The van der Waals surface area contributed by atoms with E-state index in [9.17, 15) is 14.0 Å². The molecule has 160 valence electrons. The van der Waals surface area contributed by atoms with E-state index < -0.39 is 0 Å². The molecule has 1 aliphatic heterocycles. The molecule has 1 saturated heterocycles. The Hall–Kier alpha value is -2.73. The molecule has 0 radical (unpaired) electrons. The van der Waals surface area contributed by atoms with Crippen molar-refractivity contribution in [2.24, 2.45) is 0 Å². The van der Waals surface area contributed by atoms with E-state index in [1.807, 2.05) is 49.1 Å². The summed E-state index contributed by atoms with van der Waals surface area (Å²) in [6.07, 6.45) is 0.419. The lowest BCUT2D eigenvalue weighted by atomic mass is 10.1. The van der Waals surface area contributed by atoms with Crippen LogP contribution in [0.1, 0.15) is 23.6 Å². The molecule has 2 amide bonds. The summed E-state index contributed by atoms with van der Waals surface area (Å²) in [5, 5.41) is 0. The van der Waals surface area contributed by atoms with Gasteiger partial charge in [0.15, 0.2) is 0 Å². The Bertz CT molecular complexity index is 878. The van der Waals surface area contributed by atoms with Gasteiger partial charge < -0.3 is 9.80 Å². The first kappa shape index (κ1) is 22.0. The van der Waals surface area contributed by atoms with Crippen LogP contribution in [0.2, 0.25) is 0 Å². The summed E-state index contributed by atoms with van der Waals surface area (Å²) in [7, 11) is 0. The van der Waals surface area contributed by atoms with Crippen LogP contribution in [-0.2, 0) is 22.6 Å². The first-order chi connectivity index (χ1) is 14.5. The van der Waals surface area contributed by atoms with E-state index in [-0.39, 0.29) is 17.6 Å². The highest BCUT2D eigenvalue weighted by atomic mass is 19.1. The molecule has 0 saturated carbocycles. The number of halogens is 1. The lowest BCUT2D eigenvalue weighted by Gasteiger charge is -2.35. The molecular weight excluding hydrogens is 381 g/mol. The highest BCUT2D eigenvalue weighted by Crippen LogP contribution is 2.12. The second-order valence-corrected chi connectivity index (χ2v) is 7.80. The van der Waals surface area contributed by atoms with Crippen molar-refractivity contribution < 1.29 is 14.0 Å². The summed E-state index contributed by atoms with van der Waals surface area (Å²) in [5.41, 5.74) is 2.99. The Balaban J connectivity index is 1.48. The van der Waals surface area contributed by atoms with E-state index in [1.54, 1.807) is 11.0 Å². The Morgan fingerprint density at radius 1 is 1.03 bits per heavy atom. The average Bonchev–Trinajstić information content (AvgIpc) is 2.74. The number of nitrogens with zero attached hydrogens (tertiary/aromatic N) is 3. The SMILES string of the molecule is CCN(Cc1cccc(F)c1)C(=O)CN1CCN(C(=O)Cc2ccccc2C)CC1. The topological polar surface area (TPSA) is 43.9 Å². The van der Waals surface area contributed by atoms with E-state index in [0.29, 0.717) is 52.2 Å². The summed E-state index contributed by atoms with van der Waals surface area (Å²) in [6, 6.07) is 14.3. The maximum Gasteiger partial charge on any atom is 0.237 e. The van der Waals surface area contributed by atoms with Crippen LogP contribution in [0, 0.1) is 12.7 Å². The average molecular weight is 412 g/mol. The molecule has 0 bridgehead atoms. The van der Waals surface area contributed by atoms with Gasteiger partial charge in [0.1, 0.15) is 5.82 Å². The fourth-order valence-corrected chi connectivity index (χ4v) is 3.76. The van der Waals surface area contributed by atoms with Gasteiger partial charge in [0.2, 0.25) is 11.8 Å². The minimum Gasteiger partial charge on any atom is -0.340 e. The number of rotatable bonds is 7. The van der Waals surface area contributed by atoms with Crippen LogP contribution in [0.5, 0.6) is 0 Å². The molecule has 1 fully saturated rings. The molecular formula is C24H30FN3O2. The summed E-state index contributed by atoms with van der Waals surface area (Å²) in [4.78, 5) is 31.1. The molecule has 0 atom stereocenters. The van der Waals surface area contributed by atoms with E-state index >= 15 is 0 Å². The molecule has 0 spiro atoms. The predicted octanol–water partition coefficient (Wildman–Crippen LogP) is 2.87. The van der Waals surface area contributed by atoms with Gasteiger partial charge in [0.05, 0.1) is 13.0 Å². The first-order valence-electron chi connectivity index (χ1n) is 10.5. The van der Waals surface area contributed by atoms with Gasteiger partial charge >= 0.3 is 0 Å². The van der Waals surface area contributed by atoms with Crippen molar-refractivity contribution in [3.8, 4) is 0 Å². The third kappa shape index (κ3) is 5.89. The Kier molecular flexibility index (Phi) is 7.57. The molecule has 0 N–H and O–H groups in total. The molecule has 2 aromatic carbocycles. The van der Waals surface area contributed by atoms with E-state index in [4.69, 9.17) is 0 Å². The minimum atomic E-state index is -0.289. The van der Waals surface area contributed by atoms with Gasteiger partial charge in [-0.15, -0.1) is 0 Å². The normalized spacial score (nSPS) is 14.6. The van der Waals surface area contributed by atoms with Gasteiger partial charge in [-0.3, -0.25) is 14.5 Å². The van der Waals surface area contributed by atoms with Crippen LogP contribution >= 0.6 is 0 Å². The van der Waals surface area contributed by atoms with Crippen molar-refractivity contribution in [1.82, 2.24) is 14.7 Å². The maximum absolute atomic E-state index is 13.4. The summed E-state index contributed by atoms with van der Waals surface area (Å²) >= 11 is 0. The molecule has 0 aliphatic carbocycles. The van der Waals surface area contributed by atoms with Crippen molar-refractivity contribution in [1.29, 1.82) is 0 Å². The zero-order valence-corrected chi connectivity index (χ0v) is 17.8. The second kappa shape index (κ2) is 10.3. The number of aryl methyl sites for hydroxylation is 1. The molecule has 6 heteroatoms. The van der Waals surface area contributed by atoms with Crippen molar-refractivity contribution in [3.63, 3.8) is 0 Å². The predicted molar refractivity (Wildman–Crippen MR) is 115 cm³/mol. The molecule has 0 aromatic heterocycles. The first-order valence-corrected chi connectivity index (χ1v) is 10.5. The van der Waals surface area contributed by atoms with Gasteiger partial charge in [-0.25, -0.2) is 4.39 Å². The van der Waals surface area contributed by atoms with Crippen LogP contribution in [-0.4, -0.2) is 65.8 Å². The maximum atomic E-state index is 13.4. The van der Waals surface area contributed by atoms with Crippen LogP contribution < -0.4 is 0 Å². The number of hydrogen-bond donors (Lipinski definition) is 0. The van der Waals surface area contributed by atoms with Gasteiger partial charge in [0, 0.05) is 39.3 Å². The fraction of sp³-hybridized carbons (Fsp3) is 0.417. The number of carbonyl (C=O) groups is 2. The number of carbonyl (C=O) groups excluding carboxylic acids is 2. The molecule has 1 aliphatic rings. The highest BCUT2D eigenvalue weighted by molar-refractivity contribution is 5.80. The Morgan fingerprint density at radius 3 is 2.43 bits per heavy atom. The van der Waals surface area contributed by atoms with E-state index in [2.05, 4.69) is 4.90 Å². The van der Waals surface area contributed by atoms with Crippen molar-refractivity contribution in [2.45, 2.75) is 26.8 Å². The van der Waals surface area contributed by atoms with E-state index in [0.717, 1.165) is 16.7 Å². The number of hydrogen-bond acceptors (Lipinski definition) is 3. The molecule has 3 rings (SSSR count). The number of likely N-dealkylation sites (N-methyl/N-ethyl adjacent to an activating group) is 1. The third-order valence-corrected chi connectivity index (χ3v) is 5.68. The molecule has 2 aromatic rings. The summed E-state index contributed by atoms with van der Waals surface area (Å²) < 4.78 is 13.4. The number of benzene rings is 2. The third-order valence-electron chi connectivity index (χ3n) is 5.68. The molecule has 30 heavy (non-hydrogen) atoms. The van der Waals surface area contributed by atoms with Crippen molar-refractivity contribution >= 4 is 11.8 Å². The minimum absolute atomic E-state index is 0.0291. The van der Waals surface area contributed by atoms with Gasteiger partial charge in [-0.1, -0.05) is 36.4 Å². The van der Waals surface area contributed by atoms with E-state index in [1.165, 1.54) is 12.1 Å². The standard InChI is InChI=1S/C24H30FN3O2/c1-3-27(17-20-8-6-10-22(25)15-20)24(30)18-26-11-13-28(14-12-26)23(29)16-21-9-5-4-7-19(21)2/h4-10,15H,3,11-14,16-18H2,1-2H3. The molecule has 1 heterocycles. The Morgan fingerprint density at radius 2 is 1.77 bits per heavy atom. The second-order valence-electron chi connectivity index (χ2n) is 7.80. The molecule has 5 nitrogen and oxygen atoms in total. The largest absolute Gasteiger partial charge is 0.340 e. The van der Waals surface area contributed by atoms with Gasteiger partial charge in [-0.05, 0) is 42.7 Å². The van der Waals surface area contributed by atoms with Crippen molar-refractivity contribution in [3.05, 3.63) is 71.0 Å². The number of piperazine rings is 1. The molecule has 0 unspecified atom stereocenters. The zero-order chi connectivity index (χ0) is 21.5. The number of amides is 2.